The lowest BCUT2D eigenvalue weighted by atomic mass is 9.94. The van der Waals surface area contributed by atoms with Gasteiger partial charge >= 0.3 is 5.97 Å². The van der Waals surface area contributed by atoms with E-state index in [2.05, 4.69) is 0 Å². The Morgan fingerprint density at radius 3 is 2.60 bits per heavy atom. The van der Waals surface area contributed by atoms with Gasteiger partial charge in [0.15, 0.2) is 0 Å². The third-order valence-electron chi connectivity index (χ3n) is 6.17. The van der Waals surface area contributed by atoms with Crippen LogP contribution in [0.15, 0.2) is 81.8 Å². The zero-order chi connectivity index (χ0) is 24.5. The number of imide groups is 1. The number of nitriles is 1. The summed E-state index contributed by atoms with van der Waals surface area (Å²) >= 11 is 0. The molecule has 3 aromatic rings. The zero-order valence-corrected chi connectivity index (χ0v) is 18.9. The maximum Gasteiger partial charge on any atom is 0.338 e. The third-order valence-corrected chi connectivity index (χ3v) is 6.17. The first kappa shape index (κ1) is 22.1. The summed E-state index contributed by atoms with van der Waals surface area (Å²) in [6.07, 6.45) is 2.04. The number of esters is 1. The largest absolute Gasteiger partial charge is 0.457 e. The van der Waals surface area contributed by atoms with E-state index in [0.29, 0.717) is 29.1 Å². The van der Waals surface area contributed by atoms with Crippen molar-refractivity contribution in [1.82, 2.24) is 4.90 Å². The Kier molecular flexibility index (Phi) is 5.63. The summed E-state index contributed by atoms with van der Waals surface area (Å²) in [6, 6.07) is 20.3. The van der Waals surface area contributed by atoms with Crippen molar-refractivity contribution in [2.24, 2.45) is 0 Å². The Morgan fingerprint density at radius 2 is 1.83 bits per heavy atom. The lowest BCUT2D eigenvalue weighted by molar-refractivity contribution is -0.140. The Balaban J connectivity index is 1.44. The molecule has 1 aromatic heterocycles. The molecule has 0 aliphatic carbocycles. The lowest BCUT2D eigenvalue weighted by Gasteiger charge is -2.27. The van der Waals surface area contributed by atoms with Gasteiger partial charge in [-0.25, -0.2) is 4.79 Å². The molecule has 0 saturated carbocycles. The Morgan fingerprint density at radius 1 is 1.03 bits per heavy atom. The first-order chi connectivity index (χ1) is 17.0. The first-order valence-electron chi connectivity index (χ1n) is 11.1. The quantitative estimate of drug-likeness (QED) is 0.314. The number of benzene rings is 2. The van der Waals surface area contributed by atoms with Crippen LogP contribution in [0.5, 0.6) is 0 Å². The highest BCUT2D eigenvalue weighted by Crippen LogP contribution is 2.31. The second kappa shape index (κ2) is 8.92. The van der Waals surface area contributed by atoms with Crippen LogP contribution in [0.1, 0.15) is 34.2 Å². The topological polar surface area (TPSA) is 101 Å². The molecule has 2 aliphatic heterocycles. The van der Waals surface area contributed by atoms with Gasteiger partial charge in [-0.15, -0.1) is 0 Å². The summed E-state index contributed by atoms with van der Waals surface area (Å²) in [4.78, 5) is 38.9. The van der Waals surface area contributed by atoms with E-state index in [4.69, 9.17) is 9.15 Å². The van der Waals surface area contributed by atoms with Gasteiger partial charge in [0.25, 0.3) is 11.8 Å². The van der Waals surface area contributed by atoms with Gasteiger partial charge in [-0.05, 0) is 54.8 Å². The number of rotatable bonds is 5. The molecular weight excluding hydrogens is 444 g/mol. The fourth-order valence-electron chi connectivity index (χ4n) is 4.23. The monoisotopic (exact) mass is 464 g/mol. The molecule has 0 saturated heterocycles. The molecule has 2 aliphatic rings. The van der Waals surface area contributed by atoms with Gasteiger partial charge in [-0.1, -0.05) is 36.4 Å². The van der Waals surface area contributed by atoms with Crippen molar-refractivity contribution in [3.8, 4) is 17.4 Å². The predicted octanol–water partition coefficient (Wildman–Crippen LogP) is 4.45. The molecular formula is C28H20N2O5. The van der Waals surface area contributed by atoms with E-state index in [1.807, 2.05) is 42.5 Å². The van der Waals surface area contributed by atoms with Crippen LogP contribution in [-0.4, -0.2) is 29.2 Å². The minimum atomic E-state index is -0.585. The molecule has 0 fully saturated rings. The number of furan rings is 1. The number of nitrogens with zero attached hydrogens (tertiary/aromatic N) is 2. The fourth-order valence-corrected chi connectivity index (χ4v) is 4.23. The molecule has 7 nitrogen and oxygen atoms in total. The number of hydrogen-bond donors (Lipinski definition) is 0. The molecule has 0 N–H and O–H groups in total. The Hall–Kier alpha value is -4.70. The average molecular weight is 464 g/mol. The molecule has 35 heavy (non-hydrogen) atoms. The van der Waals surface area contributed by atoms with E-state index < -0.39 is 11.8 Å². The number of fused-ring (bicyclic) bond motifs is 1. The third kappa shape index (κ3) is 4.06. The van der Waals surface area contributed by atoms with Gasteiger partial charge in [0.2, 0.25) is 0 Å². The van der Waals surface area contributed by atoms with E-state index >= 15 is 0 Å². The van der Waals surface area contributed by atoms with Crippen molar-refractivity contribution < 1.29 is 23.5 Å². The molecule has 0 atom stereocenters. The van der Waals surface area contributed by atoms with Crippen LogP contribution in [0.25, 0.3) is 17.4 Å². The highest BCUT2D eigenvalue weighted by atomic mass is 16.5. The highest BCUT2D eigenvalue weighted by Gasteiger charge is 2.35. The SMILES string of the molecule is CC1=C(C#N)C(=O)N(CCc2ccccc2)C(=O)C1=Cc1ccc(-c2ccc3c(c2)COC3=O)o1. The molecule has 3 heterocycles. The van der Waals surface area contributed by atoms with E-state index in [9.17, 15) is 19.6 Å². The van der Waals surface area contributed by atoms with E-state index in [0.717, 1.165) is 21.6 Å². The number of amides is 2. The predicted molar refractivity (Wildman–Crippen MR) is 126 cm³/mol. The van der Waals surface area contributed by atoms with Crippen LogP contribution in [0, 0.1) is 11.3 Å². The summed E-state index contributed by atoms with van der Waals surface area (Å²) in [5.74, 6) is -0.424. The van der Waals surface area contributed by atoms with Crippen LogP contribution in [0.2, 0.25) is 0 Å². The number of ether oxygens (including phenoxy) is 1. The molecule has 0 radical (unpaired) electrons. The van der Waals surface area contributed by atoms with Crippen LogP contribution >= 0.6 is 0 Å². The molecule has 7 heteroatoms. The van der Waals surface area contributed by atoms with Gasteiger partial charge in [-0.3, -0.25) is 14.5 Å². The van der Waals surface area contributed by atoms with Crippen molar-refractivity contribution in [3.63, 3.8) is 0 Å². The highest BCUT2D eigenvalue weighted by molar-refractivity contribution is 6.19. The second-order valence-corrected chi connectivity index (χ2v) is 8.32. The van der Waals surface area contributed by atoms with E-state index in [1.165, 1.54) is 0 Å². The lowest BCUT2D eigenvalue weighted by Crippen LogP contribution is -2.43. The minimum Gasteiger partial charge on any atom is -0.457 e. The summed E-state index contributed by atoms with van der Waals surface area (Å²) in [5.41, 5.74) is 3.59. The standard InChI is InChI=1S/C28H20N2O5/c1-17-23(26(31)30(27(32)24(17)15-29)12-11-18-5-3-2-4-6-18)14-21-8-10-25(35-21)19-7-9-22-20(13-19)16-34-28(22)33/h2-10,13-14H,11-12,16H2,1H3. The van der Waals surface area contributed by atoms with Crippen molar-refractivity contribution in [2.45, 2.75) is 20.0 Å². The zero-order valence-electron chi connectivity index (χ0n) is 18.9. The number of carbonyl (C=O) groups excluding carboxylic acids is 3. The molecule has 172 valence electrons. The van der Waals surface area contributed by atoms with Crippen LogP contribution in [0.4, 0.5) is 0 Å². The smallest absolute Gasteiger partial charge is 0.338 e. The number of cyclic esters (lactones) is 1. The molecule has 5 rings (SSSR count). The molecule has 2 amide bonds. The maximum atomic E-state index is 13.3. The van der Waals surface area contributed by atoms with Crippen molar-refractivity contribution >= 4 is 23.9 Å². The van der Waals surface area contributed by atoms with E-state index in [1.54, 1.807) is 37.3 Å². The minimum absolute atomic E-state index is 0.0565. The van der Waals surface area contributed by atoms with Gasteiger partial charge < -0.3 is 9.15 Å². The van der Waals surface area contributed by atoms with Crippen molar-refractivity contribution in [1.29, 1.82) is 5.26 Å². The van der Waals surface area contributed by atoms with Gasteiger partial charge in [0, 0.05) is 23.2 Å². The van der Waals surface area contributed by atoms with Crippen molar-refractivity contribution in [2.75, 3.05) is 6.54 Å². The summed E-state index contributed by atoms with van der Waals surface area (Å²) < 4.78 is 11.0. The van der Waals surface area contributed by atoms with Gasteiger partial charge in [0.05, 0.1) is 5.56 Å². The average Bonchev–Trinajstić information content (AvgIpc) is 3.49. The Bertz CT molecular complexity index is 1470. The van der Waals surface area contributed by atoms with Crippen LogP contribution in [0.3, 0.4) is 0 Å². The first-order valence-corrected chi connectivity index (χ1v) is 11.1. The molecule has 2 aromatic carbocycles. The van der Waals surface area contributed by atoms with Crippen molar-refractivity contribution in [3.05, 3.63) is 99.8 Å². The van der Waals surface area contributed by atoms with Gasteiger partial charge in [0.1, 0.15) is 29.8 Å². The van der Waals surface area contributed by atoms with Gasteiger partial charge in [-0.2, -0.15) is 5.26 Å². The van der Waals surface area contributed by atoms with Crippen LogP contribution in [-0.2, 0) is 27.4 Å². The second-order valence-electron chi connectivity index (χ2n) is 8.32. The Labute approximate surface area is 201 Å². The molecule has 0 unspecified atom stereocenters. The fraction of sp³-hybridized carbons (Fsp3) is 0.143. The van der Waals surface area contributed by atoms with Crippen LogP contribution < -0.4 is 0 Å². The number of carbonyl (C=O) groups is 3. The normalized spacial score (nSPS) is 16.5. The summed E-state index contributed by atoms with van der Waals surface area (Å²) in [6.45, 7) is 1.98. The molecule has 0 spiro atoms. The van der Waals surface area contributed by atoms with E-state index in [-0.39, 0.29) is 30.3 Å². The number of hydrogen-bond acceptors (Lipinski definition) is 6. The molecule has 0 bridgehead atoms. The maximum absolute atomic E-state index is 13.3. The summed E-state index contributed by atoms with van der Waals surface area (Å²) in [7, 11) is 0. The summed E-state index contributed by atoms with van der Waals surface area (Å²) in [5, 5.41) is 9.60.